The first-order valence-electron chi connectivity index (χ1n) is 1.90. The van der Waals surface area contributed by atoms with Gasteiger partial charge < -0.3 is 4.90 Å². The SMILES string of the molecule is CN1C[B]C1. The predicted octanol–water partition coefficient (Wildman–Crippen LogP) is -0.449. The van der Waals surface area contributed by atoms with E-state index in [1.165, 1.54) is 12.9 Å². The minimum Gasteiger partial charge on any atom is -0.322 e. The highest BCUT2D eigenvalue weighted by Crippen LogP contribution is 1.87. The van der Waals surface area contributed by atoms with E-state index >= 15 is 0 Å². The Morgan fingerprint density at radius 1 is 1.60 bits per heavy atom. The molecule has 1 nitrogen and oxygen atoms in total. The summed E-state index contributed by atoms with van der Waals surface area (Å²) in [6.45, 7) is 0. The number of nitrogens with zero attached hydrogens (tertiary/aromatic N) is 1. The minimum absolute atomic E-state index is 1.19. The van der Waals surface area contributed by atoms with Crippen molar-refractivity contribution in [2.45, 2.75) is 0 Å². The lowest BCUT2D eigenvalue weighted by Gasteiger charge is -2.24. The molecule has 1 heterocycles. The Hall–Kier alpha value is 0.0249. The normalized spacial score (nSPS) is 24.2. The standard InChI is InChI=1S/C3H7BN/c1-5-2-4-3-5/h2-3H2,1H3. The van der Waals surface area contributed by atoms with Crippen molar-refractivity contribution in [2.75, 3.05) is 19.9 Å². The van der Waals surface area contributed by atoms with Crippen molar-refractivity contribution >= 4 is 7.28 Å². The molecule has 27 valence electrons. The average molecular weight is 67.9 g/mol. The highest BCUT2D eigenvalue weighted by atomic mass is 15.1. The van der Waals surface area contributed by atoms with Gasteiger partial charge in [0, 0.05) is 0 Å². The summed E-state index contributed by atoms with van der Waals surface area (Å²) in [5.41, 5.74) is 0. The summed E-state index contributed by atoms with van der Waals surface area (Å²) in [7, 11) is 4.36. The molecule has 1 rings (SSSR count). The van der Waals surface area contributed by atoms with E-state index in [1.807, 2.05) is 0 Å². The van der Waals surface area contributed by atoms with Gasteiger partial charge in [0.2, 0.25) is 0 Å². The van der Waals surface area contributed by atoms with Gasteiger partial charge in [-0.3, -0.25) is 0 Å². The molecule has 0 aromatic carbocycles. The molecular formula is C3H7BN. The van der Waals surface area contributed by atoms with Crippen LogP contribution in [0.5, 0.6) is 0 Å². The molecule has 0 spiro atoms. The molecule has 0 bridgehead atoms. The second-order valence-corrected chi connectivity index (χ2v) is 1.51. The van der Waals surface area contributed by atoms with Crippen LogP contribution in [0, 0.1) is 0 Å². The lowest BCUT2D eigenvalue weighted by Crippen LogP contribution is -2.41. The molecule has 2 heteroatoms. The van der Waals surface area contributed by atoms with Crippen LogP contribution in [0.3, 0.4) is 0 Å². The van der Waals surface area contributed by atoms with Gasteiger partial charge in [0.15, 0.2) is 0 Å². The Labute approximate surface area is 33.2 Å². The lowest BCUT2D eigenvalue weighted by molar-refractivity contribution is 0.403. The van der Waals surface area contributed by atoms with E-state index in [-0.39, 0.29) is 0 Å². The van der Waals surface area contributed by atoms with Crippen molar-refractivity contribution in [3.8, 4) is 0 Å². The molecule has 0 atom stereocenters. The van der Waals surface area contributed by atoms with E-state index in [0.717, 1.165) is 0 Å². The third-order valence-electron chi connectivity index (χ3n) is 0.882. The van der Waals surface area contributed by atoms with Crippen molar-refractivity contribution in [1.29, 1.82) is 0 Å². The zero-order valence-electron chi connectivity index (χ0n) is 3.44. The van der Waals surface area contributed by atoms with Crippen LogP contribution >= 0.6 is 0 Å². The maximum atomic E-state index is 2.25. The fourth-order valence-corrected chi connectivity index (χ4v) is 0.387. The first-order valence-corrected chi connectivity index (χ1v) is 1.90. The molecule has 0 aromatic rings. The third kappa shape index (κ3) is 0.455. The van der Waals surface area contributed by atoms with E-state index in [4.69, 9.17) is 0 Å². The van der Waals surface area contributed by atoms with Crippen molar-refractivity contribution in [1.82, 2.24) is 4.90 Å². The Morgan fingerprint density at radius 2 is 2.00 bits per heavy atom. The average Bonchev–Trinajstić information content (AvgIpc) is 1.30. The summed E-state index contributed by atoms with van der Waals surface area (Å²) in [6.07, 6.45) is 2.39. The summed E-state index contributed by atoms with van der Waals surface area (Å²) in [5.74, 6) is 0. The Balaban J connectivity index is 2.08. The highest BCUT2D eigenvalue weighted by Gasteiger charge is 2.06. The third-order valence-corrected chi connectivity index (χ3v) is 0.882. The summed E-state index contributed by atoms with van der Waals surface area (Å²) in [6, 6.07) is 0. The molecule has 1 aliphatic heterocycles. The second kappa shape index (κ2) is 1.01. The molecule has 0 aromatic heterocycles. The minimum atomic E-state index is 1.19. The van der Waals surface area contributed by atoms with Gasteiger partial charge in [0.25, 0.3) is 0 Å². The molecule has 0 N–H and O–H groups in total. The second-order valence-electron chi connectivity index (χ2n) is 1.51. The summed E-state index contributed by atoms with van der Waals surface area (Å²) < 4.78 is 0. The molecule has 1 radical (unpaired) electrons. The molecule has 5 heavy (non-hydrogen) atoms. The molecule has 0 amide bonds. The molecule has 0 aliphatic carbocycles. The molecule has 0 saturated carbocycles. The molecule has 1 aliphatic rings. The topological polar surface area (TPSA) is 3.24 Å². The van der Waals surface area contributed by atoms with Crippen LogP contribution in [-0.4, -0.2) is 32.1 Å². The first kappa shape index (κ1) is 3.22. The van der Waals surface area contributed by atoms with E-state index in [2.05, 4.69) is 19.2 Å². The Kier molecular flexibility index (Phi) is 0.654. The van der Waals surface area contributed by atoms with Gasteiger partial charge in [0.05, 0.1) is 0 Å². The molecule has 1 fully saturated rings. The smallest absolute Gasteiger partial charge is 0.147 e. The van der Waals surface area contributed by atoms with E-state index in [0.29, 0.717) is 0 Å². The molecule has 0 unspecified atom stereocenters. The number of hydrogen-bond donors (Lipinski definition) is 0. The monoisotopic (exact) mass is 68.1 g/mol. The van der Waals surface area contributed by atoms with Gasteiger partial charge in [-0.05, 0) is 19.9 Å². The molecule has 1 saturated heterocycles. The number of hydrogen-bond acceptors (Lipinski definition) is 1. The fourth-order valence-electron chi connectivity index (χ4n) is 0.387. The maximum absolute atomic E-state index is 2.25. The summed E-state index contributed by atoms with van der Waals surface area (Å²) in [4.78, 5) is 2.25. The fraction of sp³-hybridized carbons (Fsp3) is 1.00. The lowest BCUT2D eigenvalue weighted by atomic mass is 9.70. The van der Waals surface area contributed by atoms with Gasteiger partial charge >= 0.3 is 0 Å². The predicted molar refractivity (Wildman–Crippen MR) is 23.3 cm³/mol. The number of rotatable bonds is 0. The van der Waals surface area contributed by atoms with Crippen LogP contribution in [0.1, 0.15) is 0 Å². The largest absolute Gasteiger partial charge is 0.322 e. The van der Waals surface area contributed by atoms with E-state index < -0.39 is 0 Å². The van der Waals surface area contributed by atoms with Gasteiger partial charge in [-0.25, -0.2) is 0 Å². The van der Waals surface area contributed by atoms with Crippen LogP contribution in [0.2, 0.25) is 0 Å². The zero-order valence-corrected chi connectivity index (χ0v) is 3.44. The van der Waals surface area contributed by atoms with Crippen LogP contribution in [0.25, 0.3) is 0 Å². The zero-order chi connectivity index (χ0) is 3.70. The van der Waals surface area contributed by atoms with Crippen LogP contribution in [-0.2, 0) is 0 Å². The van der Waals surface area contributed by atoms with Crippen molar-refractivity contribution in [3.05, 3.63) is 0 Å². The Bertz CT molecular complexity index is 33.9. The molecular weight excluding hydrogens is 60.9 g/mol. The maximum Gasteiger partial charge on any atom is 0.147 e. The van der Waals surface area contributed by atoms with Gasteiger partial charge in [-0.1, -0.05) is 0 Å². The van der Waals surface area contributed by atoms with E-state index in [1.54, 1.807) is 0 Å². The van der Waals surface area contributed by atoms with Gasteiger partial charge in [-0.2, -0.15) is 0 Å². The van der Waals surface area contributed by atoms with E-state index in [9.17, 15) is 0 Å². The van der Waals surface area contributed by atoms with Crippen molar-refractivity contribution in [3.63, 3.8) is 0 Å². The van der Waals surface area contributed by atoms with Crippen LogP contribution in [0.4, 0.5) is 0 Å². The first-order chi connectivity index (χ1) is 2.39. The van der Waals surface area contributed by atoms with Crippen molar-refractivity contribution < 1.29 is 0 Å². The van der Waals surface area contributed by atoms with Crippen LogP contribution < -0.4 is 0 Å². The van der Waals surface area contributed by atoms with Crippen LogP contribution in [0.15, 0.2) is 0 Å². The van der Waals surface area contributed by atoms with Gasteiger partial charge in [-0.15, -0.1) is 0 Å². The summed E-state index contributed by atoms with van der Waals surface area (Å²) >= 11 is 0. The quantitative estimate of drug-likeness (QED) is 0.347. The summed E-state index contributed by atoms with van der Waals surface area (Å²) in [5, 5.41) is 0. The highest BCUT2D eigenvalue weighted by molar-refractivity contribution is 6.39. The Morgan fingerprint density at radius 3 is 2.00 bits per heavy atom. The van der Waals surface area contributed by atoms with Crippen molar-refractivity contribution in [2.24, 2.45) is 0 Å². The van der Waals surface area contributed by atoms with Gasteiger partial charge in [0.1, 0.15) is 7.28 Å².